The Morgan fingerprint density at radius 2 is 1.86 bits per heavy atom. The van der Waals surface area contributed by atoms with Crippen LogP contribution in [0.25, 0.3) is 0 Å². The smallest absolute Gasteiger partial charge is 0.338 e. The van der Waals surface area contributed by atoms with Crippen molar-refractivity contribution < 1.29 is 32.6 Å². The van der Waals surface area contributed by atoms with Gasteiger partial charge in [0.1, 0.15) is 23.0 Å². The summed E-state index contributed by atoms with van der Waals surface area (Å²) in [5.74, 6) is -1.97. The van der Waals surface area contributed by atoms with Crippen molar-refractivity contribution in [2.75, 3.05) is 13.7 Å². The predicted molar refractivity (Wildman–Crippen MR) is 102 cm³/mol. The lowest BCUT2D eigenvalue weighted by atomic mass is 10.1. The van der Waals surface area contributed by atoms with Crippen molar-refractivity contribution in [3.8, 4) is 5.75 Å². The zero-order valence-corrected chi connectivity index (χ0v) is 17.1. The van der Waals surface area contributed by atoms with Gasteiger partial charge in [-0.05, 0) is 45.9 Å². The van der Waals surface area contributed by atoms with Gasteiger partial charge in [0, 0.05) is 11.8 Å². The predicted octanol–water partition coefficient (Wildman–Crippen LogP) is 1.98. The number of carbonyl (C=O) groups is 2. The second-order valence-corrected chi connectivity index (χ2v) is 7.90. The van der Waals surface area contributed by atoms with E-state index >= 15 is 0 Å². The van der Waals surface area contributed by atoms with Crippen LogP contribution in [0.1, 0.15) is 38.1 Å². The number of carbonyl (C=O) groups excluding carboxylic acids is 2. The number of nitrogens with one attached hydrogen (secondary N) is 2. The van der Waals surface area contributed by atoms with E-state index in [0.717, 1.165) is 6.07 Å². The van der Waals surface area contributed by atoms with Gasteiger partial charge in [-0.25, -0.2) is 17.9 Å². The van der Waals surface area contributed by atoms with Crippen LogP contribution in [-0.4, -0.2) is 50.7 Å². The summed E-state index contributed by atoms with van der Waals surface area (Å²) in [6.45, 7) is 5.15. The van der Waals surface area contributed by atoms with E-state index in [-0.39, 0.29) is 33.5 Å². The van der Waals surface area contributed by atoms with Gasteiger partial charge in [0.05, 0.1) is 18.2 Å². The number of hydrogen-bond donors (Lipinski definition) is 3. The number of Topliss-reactive ketones (excluding diaryl/α,β-unsaturated/α-hetero) is 1. The lowest BCUT2D eigenvalue weighted by Gasteiger charge is -2.14. The van der Waals surface area contributed by atoms with Crippen molar-refractivity contribution in [2.24, 2.45) is 0 Å². The Morgan fingerprint density at radius 1 is 1.25 bits per heavy atom. The second-order valence-electron chi connectivity index (χ2n) is 6.22. The number of aliphatic hydroxyl groups is 1. The molecule has 28 heavy (non-hydrogen) atoms. The number of sulfonamides is 1. The zero-order chi connectivity index (χ0) is 21.6. The highest BCUT2D eigenvalue weighted by molar-refractivity contribution is 7.89. The first-order valence-electron chi connectivity index (χ1n) is 8.26. The van der Waals surface area contributed by atoms with E-state index in [1.807, 2.05) is 0 Å². The van der Waals surface area contributed by atoms with Crippen molar-refractivity contribution in [1.29, 1.82) is 5.41 Å². The number of methoxy groups -OCH3 is 1. The third kappa shape index (κ3) is 5.89. The molecule has 0 aliphatic rings. The van der Waals surface area contributed by atoms with Crippen LogP contribution >= 0.6 is 0 Å². The van der Waals surface area contributed by atoms with Crippen LogP contribution < -0.4 is 9.46 Å². The number of esters is 1. The third-order valence-electron chi connectivity index (χ3n) is 3.44. The first-order chi connectivity index (χ1) is 12.9. The molecule has 10 heteroatoms. The molecule has 1 aromatic carbocycles. The second kappa shape index (κ2) is 9.47. The van der Waals surface area contributed by atoms with Crippen molar-refractivity contribution in [3.63, 3.8) is 0 Å². The van der Waals surface area contributed by atoms with Crippen LogP contribution in [0.4, 0.5) is 0 Å². The maximum atomic E-state index is 12.5. The quantitative estimate of drug-likeness (QED) is 0.243. The average molecular weight is 412 g/mol. The summed E-state index contributed by atoms with van der Waals surface area (Å²) in [5.41, 5.74) is -0.501. The van der Waals surface area contributed by atoms with Crippen molar-refractivity contribution in [1.82, 2.24) is 4.72 Å². The number of rotatable bonds is 9. The number of ether oxygens (including phenoxy) is 2. The topological polar surface area (TPSA) is 143 Å². The van der Waals surface area contributed by atoms with E-state index in [4.69, 9.17) is 14.9 Å². The molecule has 0 saturated carbocycles. The standard InChI is InChI=1S/C18H24N2O7S/c1-10(2)20-28(24,25)16-8-13(6-7-15(16)26-5)18(23)27-9-14(22)17(11(3)19)12(4)21/h6-8,10,19-20,22H,9H2,1-5H3/b17-14-,19-11?. The molecular formula is C18H24N2O7S. The molecule has 0 radical (unpaired) electrons. The molecule has 3 N–H and O–H groups in total. The molecule has 1 rings (SSSR count). The summed E-state index contributed by atoms with van der Waals surface area (Å²) in [6.07, 6.45) is 0. The van der Waals surface area contributed by atoms with E-state index in [9.17, 15) is 23.1 Å². The summed E-state index contributed by atoms with van der Waals surface area (Å²) >= 11 is 0. The Balaban J connectivity index is 3.17. The van der Waals surface area contributed by atoms with Crippen molar-refractivity contribution >= 4 is 27.5 Å². The van der Waals surface area contributed by atoms with Crippen LogP contribution in [0.3, 0.4) is 0 Å². The average Bonchev–Trinajstić information content (AvgIpc) is 2.57. The van der Waals surface area contributed by atoms with E-state index in [1.165, 1.54) is 33.1 Å². The molecule has 0 bridgehead atoms. The molecule has 0 saturated heterocycles. The van der Waals surface area contributed by atoms with Gasteiger partial charge >= 0.3 is 5.97 Å². The minimum atomic E-state index is -3.94. The zero-order valence-electron chi connectivity index (χ0n) is 16.3. The Morgan fingerprint density at radius 3 is 2.32 bits per heavy atom. The molecule has 1 aromatic rings. The van der Waals surface area contributed by atoms with E-state index in [2.05, 4.69) is 4.72 Å². The monoisotopic (exact) mass is 412 g/mol. The molecule has 0 atom stereocenters. The Bertz CT molecular complexity index is 902. The van der Waals surface area contributed by atoms with Gasteiger partial charge in [-0.1, -0.05) is 0 Å². The Hall–Kier alpha value is -2.72. The number of ketones is 1. The lowest BCUT2D eigenvalue weighted by Crippen LogP contribution is -2.30. The fraction of sp³-hybridized carbons (Fsp3) is 0.389. The molecule has 0 spiro atoms. The van der Waals surface area contributed by atoms with Gasteiger partial charge in [-0.3, -0.25) is 4.79 Å². The molecule has 154 valence electrons. The fourth-order valence-corrected chi connectivity index (χ4v) is 3.81. The van der Waals surface area contributed by atoms with E-state index < -0.39 is 34.1 Å². The minimum Gasteiger partial charge on any atom is -0.508 e. The highest BCUT2D eigenvalue weighted by Gasteiger charge is 2.23. The van der Waals surface area contributed by atoms with Gasteiger partial charge in [0.2, 0.25) is 10.0 Å². The fourth-order valence-electron chi connectivity index (χ4n) is 2.36. The largest absolute Gasteiger partial charge is 0.508 e. The lowest BCUT2D eigenvalue weighted by molar-refractivity contribution is -0.113. The number of allylic oxidation sites excluding steroid dienone is 1. The molecule has 0 amide bonds. The number of benzene rings is 1. The highest BCUT2D eigenvalue weighted by atomic mass is 32.2. The normalized spacial score (nSPS) is 12.4. The third-order valence-corrected chi connectivity index (χ3v) is 5.12. The van der Waals surface area contributed by atoms with Crippen LogP contribution in [0, 0.1) is 5.41 Å². The van der Waals surface area contributed by atoms with Gasteiger partial charge in [0.25, 0.3) is 0 Å². The van der Waals surface area contributed by atoms with E-state index in [0.29, 0.717) is 0 Å². The van der Waals surface area contributed by atoms with Crippen molar-refractivity contribution in [2.45, 2.75) is 38.6 Å². The summed E-state index contributed by atoms with van der Waals surface area (Å²) in [5, 5.41) is 17.4. The molecule has 0 unspecified atom stereocenters. The number of hydrogen-bond acceptors (Lipinski definition) is 8. The Labute approximate surface area is 163 Å². The maximum absolute atomic E-state index is 12.5. The molecule has 0 aromatic heterocycles. The molecule has 0 fully saturated rings. The Kier molecular flexibility index (Phi) is 7.89. The SMILES string of the molecule is COc1ccc(C(=O)OC/C(O)=C(\C(C)=N)C(C)=O)cc1S(=O)(=O)NC(C)C. The van der Waals surface area contributed by atoms with Gasteiger partial charge < -0.3 is 20.0 Å². The molecule has 9 nitrogen and oxygen atoms in total. The van der Waals surface area contributed by atoms with Crippen LogP contribution in [0.15, 0.2) is 34.4 Å². The molecule has 0 aliphatic heterocycles. The summed E-state index contributed by atoms with van der Waals surface area (Å²) in [7, 11) is -2.64. The summed E-state index contributed by atoms with van der Waals surface area (Å²) < 4.78 is 37.3. The van der Waals surface area contributed by atoms with E-state index in [1.54, 1.807) is 13.8 Å². The van der Waals surface area contributed by atoms with Crippen LogP contribution in [-0.2, 0) is 19.6 Å². The van der Waals surface area contributed by atoms with Gasteiger partial charge in [-0.15, -0.1) is 0 Å². The van der Waals surface area contributed by atoms with Crippen molar-refractivity contribution in [3.05, 3.63) is 35.1 Å². The molecule has 0 aliphatic carbocycles. The highest BCUT2D eigenvalue weighted by Crippen LogP contribution is 2.25. The molecular weight excluding hydrogens is 388 g/mol. The van der Waals surface area contributed by atoms with Gasteiger partial charge in [-0.2, -0.15) is 0 Å². The summed E-state index contributed by atoms with van der Waals surface area (Å²) in [6, 6.07) is 3.34. The molecule has 0 heterocycles. The summed E-state index contributed by atoms with van der Waals surface area (Å²) in [4.78, 5) is 23.5. The number of aliphatic hydroxyl groups excluding tert-OH is 1. The first-order valence-corrected chi connectivity index (χ1v) is 9.75. The first kappa shape index (κ1) is 23.3. The van der Waals surface area contributed by atoms with Gasteiger partial charge in [0.15, 0.2) is 5.78 Å². The van der Waals surface area contributed by atoms with Crippen LogP contribution in [0.5, 0.6) is 5.75 Å². The minimum absolute atomic E-state index is 0.0470. The maximum Gasteiger partial charge on any atom is 0.338 e. The van der Waals surface area contributed by atoms with Crippen LogP contribution in [0.2, 0.25) is 0 Å².